The van der Waals surface area contributed by atoms with Crippen molar-refractivity contribution in [2.24, 2.45) is 0 Å². The number of aliphatic hydroxyl groups excluding tert-OH is 1. The number of allylic oxidation sites excluding steroid dienone is 1. The summed E-state index contributed by atoms with van der Waals surface area (Å²) in [7, 11) is 1.60. The molecule has 0 radical (unpaired) electrons. The molecule has 0 aliphatic heterocycles. The highest BCUT2D eigenvalue weighted by Gasteiger charge is 1.98. The van der Waals surface area contributed by atoms with Crippen LogP contribution in [-0.2, 0) is 0 Å². The molecule has 0 amide bonds. The molecule has 0 spiro atoms. The van der Waals surface area contributed by atoms with Crippen molar-refractivity contribution in [1.29, 1.82) is 0 Å². The van der Waals surface area contributed by atoms with E-state index in [9.17, 15) is 0 Å². The van der Waals surface area contributed by atoms with Gasteiger partial charge in [0.25, 0.3) is 0 Å². The van der Waals surface area contributed by atoms with Crippen molar-refractivity contribution in [2.45, 2.75) is 13.8 Å². The molecular weight excluding hydrogens is 202 g/mol. The molecule has 1 rings (SSSR count). The zero-order chi connectivity index (χ0) is 12.4. The van der Waals surface area contributed by atoms with E-state index in [4.69, 9.17) is 9.84 Å². The Labute approximate surface area is 97.1 Å². The molecule has 0 atom stereocenters. The zero-order valence-corrected chi connectivity index (χ0v) is 10.1. The predicted molar refractivity (Wildman–Crippen MR) is 68.3 cm³/mol. The lowest BCUT2D eigenvalue weighted by atomic mass is 10.1. The Kier molecular flexibility index (Phi) is 7.81. The number of aliphatic hydroxyl groups is 1. The van der Waals surface area contributed by atoms with E-state index < -0.39 is 0 Å². The molecule has 0 unspecified atom stereocenters. The number of hydrogen-bond donors (Lipinski definition) is 1. The van der Waals surface area contributed by atoms with E-state index in [1.807, 2.05) is 25.1 Å². The standard InChI is InChI=1S/C11H13NO.C2H6O/c1-4-6-10-8-12-11(13-3)7-9(10)5-2;1-2-3/h4-8H,2H2,1,3H3;3H,2H2,1H3/b6-4-;. The summed E-state index contributed by atoms with van der Waals surface area (Å²) in [5.41, 5.74) is 2.09. The highest BCUT2D eigenvalue weighted by Crippen LogP contribution is 2.16. The number of nitrogens with zero attached hydrogens (tertiary/aromatic N) is 1. The Bertz CT molecular complexity index is 346. The number of ether oxygens (including phenoxy) is 1. The molecule has 3 heteroatoms. The second-order valence-electron chi connectivity index (χ2n) is 2.88. The van der Waals surface area contributed by atoms with Crippen molar-refractivity contribution in [3.63, 3.8) is 0 Å². The lowest BCUT2D eigenvalue weighted by molar-refractivity contribution is 0.318. The van der Waals surface area contributed by atoms with Crippen molar-refractivity contribution >= 4 is 12.2 Å². The van der Waals surface area contributed by atoms with E-state index in [0.717, 1.165) is 11.1 Å². The first-order valence-corrected chi connectivity index (χ1v) is 5.13. The molecule has 3 nitrogen and oxygen atoms in total. The van der Waals surface area contributed by atoms with Crippen LogP contribution in [0.25, 0.3) is 12.2 Å². The van der Waals surface area contributed by atoms with Crippen LogP contribution in [0.1, 0.15) is 25.0 Å². The molecule has 1 aromatic rings. The largest absolute Gasteiger partial charge is 0.481 e. The van der Waals surface area contributed by atoms with Gasteiger partial charge in [-0.25, -0.2) is 4.98 Å². The molecule has 16 heavy (non-hydrogen) atoms. The maximum absolute atomic E-state index is 7.57. The molecule has 0 aliphatic rings. The van der Waals surface area contributed by atoms with Crippen LogP contribution in [0.4, 0.5) is 0 Å². The van der Waals surface area contributed by atoms with Gasteiger partial charge in [0.05, 0.1) is 7.11 Å². The van der Waals surface area contributed by atoms with E-state index in [-0.39, 0.29) is 6.61 Å². The van der Waals surface area contributed by atoms with Crippen molar-refractivity contribution in [2.75, 3.05) is 13.7 Å². The summed E-state index contributed by atoms with van der Waals surface area (Å²) in [5.74, 6) is 0.614. The minimum atomic E-state index is 0.250. The van der Waals surface area contributed by atoms with E-state index in [1.54, 1.807) is 26.3 Å². The van der Waals surface area contributed by atoms with Crippen LogP contribution < -0.4 is 4.74 Å². The quantitative estimate of drug-likeness (QED) is 0.853. The third kappa shape index (κ3) is 4.75. The Morgan fingerprint density at radius 3 is 2.56 bits per heavy atom. The summed E-state index contributed by atoms with van der Waals surface area (Å²) < 4.78 is 5.01. The molecule has 0 fully saturated rings. The molecule has 1 heterocycles. The van der Waals surface area contributed by atoms with Gasteiger partial charge in [-0.2, -0.15) is 0 Å². The predicted octanol–water partition coefficient (Wildman–Crippen LogP) is 2.76. The van der Waals surface area contributed by atoms with Crippen LogP contribution in [-0.4, -0.2) is 23.8 Å². The van der Waals surface area contributed by atoms with Gasteiger partial charge >= 0.3 is 0 Å². The van der Waals surface area contributed by atoms with Crippen molar-refractivity contribution in [3.8, 4) is 5.88 Å². The highest BCUT2D eigenvalue weighted by molar-refractivity contribution is 5.64. The van der Waals surface area contributed by atoms with Gasteiger partial charge in [0.2, 0.25) is 5.88 Å². The molecule has 0 aromatic carbocycles. The molecule has 1 N–H and O–H groups in total. The van der Waals surface area contributed by atoms with Gasteiger partial charge in [-0.15, -0.1) is 0 Å². The number of hydrogen-bond acceptors (Lipinski definition) is 3. The van der Waals surface area contributed by atoms with Gasteiger partial charge in [0.15, 0.2) is 0 Å². The number of methoxy groups -OCH3 is 1. The summed E-state index contributed by atoms with van der Waals surface area (Å²) in [4.78, 5) is 4.10. The summed E-state index contributed by atoms with van der Waals surface area (Å²) in [6.07, 6.45) is 7.52. The number of pyridine rings is 1. The summed E-state index contributed by atoms with van der Waals surface area (Å²) in [6.45, 7) is 7.63. The average molecular weight is 221 g/mol. The second-order valence-corrected chi connectivity index (χ2v) is 2.88. The van der Waals surface area contributed by atoms with Gasteiger partial charge in [0, 0.05) is 18.9 Å². The van der Waals surface area contributed by atoms with Gasteiger partial charge in [-0.05, 0) is 25.0 Å². The fourth-order valence-corrected chi connectivity index (χ4v) is 1.07. The lowest BCUT2D eigenvalue weighted by Crippen LogP contribution is -1.90. The topological polar surface area (TPSA) is 42.4 Å². The maximum atomic E-state index is 7.57. The average Bonchev–Trinajstić information content (AvgIpc) is 2.31. The Morgan fingerprint density at radius 1 is 1.50 bits per heavy atom. The van der Waals surface area contributed by atoms with Gasteiger partial charge in [-0.1, -0.05) is 24.8 Å². The third-order valence-electron chi connectivity index (χ3n) is 1.72. The highest BCUT2D eigenvalue weighted by atomic mass is 16.5. The molecule has 88 valence electrons. The minimum Gasteiger partial charge on any atom is -0.481 e. The van der Waals surface area contributed by atoms with Crippen molar-refractivity contribution < 1.29 is 9.84 Å². The van der Waals surface area contributed by atoms with Gasteiger partial charge in [0.1, 0.15) is 0 Å². The van der Waals surface area contributed by atoms with Gasteiger partial charge < -0.3 is 9.84 Å². The van der Waals surface area contributed by atoms with Gasteiger partial charge in [-0.3, -0.25) is 0 Å². The van der Waals surface area contributed by atoms with Crippen LogP contribution in [0.3, 0.4) is 0 Å². The summed E-state index contributed by atoms with van der Waals surface area (Å²) in [6, 6.07) is 1.86. The fourth-order valence-electron chi connectivity index (χ4n) is 1.07. The summed E-state index contributed by atoms with van der Waals surface area (Å²) >= 11 is 0. The van der Waals surface area contributed by atoms with Crippen LogP contribution in [0.15, 0.2) is 24.9 Å². The molecule has 0 bridgehead atoms. The molecule has 0 saturated carbocycles. The Balaban J connectivity index is 0.000000673. The van der Waals surface area contributed by atoms with Crippen LogP contribution in [0.2, 0.25) is 0 Å². The SMILES string of the molecule is C=Cc1cc(OC)ncc1/C=C\C.CCO. The van der Waals surface area contributed by atoms with E-state index in [2.05, 4.69) is 11.6 Å². The Morgan fingerprint density at radius 2 is 2.12 bits per heavy atom. The van der Waals surface area contributed by atoms with Crippen molar-refractivity contribution in [1.82, 2.24) is 4.98 Å². The molecular formula is C13H19NO2. The summed E-state index contributed by atoms with van der Waals surface area (Å²) in [5, 5.41) is 7.57. The molecule has 0 aliphatic carbocycles. The normalized spacial score (nSPS) is 9.50. The molecule has 0 saturated heterocycles. The lowest BCUT2D eigenvalue weighted by Gasteiger charge is -2.03. The van der Waals surface area contributed by atoms with Crippen LogP contribution >= 0.6 is 0 Å². The Hall–Kier alpha value is -1.61. The van der Waals surface area contributed by atoms with E-state index in [1.165, 1.54) is 0 Å². The second kappa shape index (κ2) is 8.68. The van der Waals surface area contributed by atoms with E-state index in [0.29, 0.717) is 5.88 Å². The third-order valence-corrected chi connectivity index (χ3v) is 1.72. The zero-order valence-electron chi connectivity index (χ0n) is 10.1. The molecule has 1 aromatic heterocycles. The van der Waals surface area contributed by atoms with Crippen molar-refractivity contribution in [3.05, 3.63) is 36.0 Å². The first-order valence-electron chi connectivity index (χ1n) is 5.13. The first-order chi connectivity index (χ1) is 7.73. The maximum Gasteiger partial charge on any atom is 0.213 e. The number of rotatable bonds is 3. The fraction of sp³-hybridized carbons (Fsp3) is 0.308. The van der Waals surface area contributed by atoms with E-state index >= 15 is 0 Å². The van der Waals surface area contributed by atoms with Crippen LogP contribution in [0.5, 0.6) is 5.88 Å². The van der Waals surface area contributed by atoms with Crippen LogP contribution in [0, 0.1) is 0 Å². The first kappa shape index (κ1) is 14.4. The number of aromatic nitrogens is 1. The minimum absolute atomic E-state index is 0.250. The monoisotopic (exact) mass is 221 g/mol. The smallest absolute Gasteiger partial charge is 0.213 e.